The molecule has 0 radical (unpaired) electrons. The zero-order valence-electron chi connectivity index (χ0n) is 8.55. The standard InChI is InChI=1S/C11H20OS/c1-3-8-11(13-2)9-6-4-5-7-10-12-11/h3H,1,4-10H2,2H3. The predicted molar refractivity (Wildman–Crippen MR) is 60.1 cm³/mol. The lowest BCUT2D eigenvalue weighted by molar-refractivity contribution is 0.0111. The van der Waals surface area contributed by atoms with E-state index in [1.165, 1.54) is 32.1 Å². The second kappa shape index (κ2) is 5.71. The Balaban J connectivity index is 2.52. The summed E-state index contributed by atoms with van der Waals surface area (Å²) in [6.45, 7) is 4.73. The second-order valence-corrected chi connectivity index (χ2v) is 4.77. The quantitative estimate of drug-likeness (QED) is 0.644. The average molecular weight is 200 g/mol. The van der Waals surface area contributed by atoms with Crippen LogP contribution in [0.5, 0.6) is 0 Å². The molecule has 1 fully saturated rings. The van der Waals surface area contributed by atoms with E-state index in [9.17, 15) is 0 Å². The molecular weight excluding hydrogens is 180 g/mol. The van der Waals surface area contributed by atoms with Gasteiger partial charge in [0.1, 0.15) is 4.93 Å². The Morgan fingerprint density at radius 1 is 1.38 bits per heavy atom. The fraction of sp³-hybridized carbons (Fsp3) is 0.818. The fourth-order valence-corrected chi connectivity index (χ4v) is 2.64. The van der Waals surface area contributed by atoms with Crippen LogP contribution in [-0.2, 0) is 4.74 Å². The average Bonchev–Trinajstić information content (AvgIpc) is 2.10. The first kappa shape index (κ1) is 11.1. The van der Waals surface area contributed by atoms with Gasteiger partial charge in [0.25, 0.3) is 0 Å². The van der Waals surface area contributed by atoms with E-state index in [1.54, 1.807) is 0 Å². The van der Waals surface area contributed by atoms with Crippen LogP contribution >= 0.6 is 11.8 Å². The maximum atomic E-state index is 5.95. The number of ether oxygens (including phenoxy) is 1. The van der Waals surface area contributed by atoms with Crippen LogP contribution in [0.4, 0.5) is 0 Å². The van der Waals surface area contributed by atoms with E-state index in [4.69, 9.17) is 4.74 Å². The molecule has 0 spiro atoms. The Labute approximate surface area is 85.9 Å². The monoisotopic (exact) mass is 200 g/mol. The zero-order valence-corrected chi connectivity index (χ0v) is 9.37. The van der Waals surface area contributed by atoms with Gasteiger partial charge < -0.3 is 4.74 Å². The summed E-state index contributed by atoms with van der Waals surface area (Å²) in [6, 6.07) is 0. The van der Waals surface area contributed by atoms with Gasteiger partial charge in [-0.2, -0.15) is 0 Å². The molecule has 1 saturated heterocycles. The summed E-state index contributed by atoms with van der Waals surface area (Å²) in [5.41, 5.74) is 0. The Morgan fingerprint density at radius 2 is 2.15 bits per heavy atom. The smallest absolute Gasteiger partial charge is 0.116 e. The Hall–Kier alpha value is 0.0500. The highest BCUT2D eigenvalue weighted by molar-refractivity contribution is 7.99. The Kier molecular flexibility index (Phi) is 4.89. The highest BCUT2D eigenvalue weighted by Crippen LogP contribution is 2.36. The van der Waals surface area contributed by atoms with Crippen LogP contribution in [0, 0.1) is 0 Å². The summed E-state index contributed by atoms with van der Waals surface area (Å²) >= 11 is 1.85. The molecule has 1 aliphatic rings. The molecule has 1 heterocycles. The zero-order chi connectivity index (χ0) is 9.57. The van der Waals surface area contributed by atoms with Crippen LogP contribution in [0.3, 0.4) is 0 Å². The lowest BCUT2D eigenvalue weighted by Gasteiger charge is -2.33. The third kappa shape index (κ3) is 3.35. The first-order valence-corrected chi connectivity index (χ1v) is 6.35. The summed E-state index contributed by atoms with van der Waals surface area (Å²) in [6.07, 6.45) is 11.5. The van der Waals surface area contributed by atoms with E-state index in [2.05, 4.69) is 12.8 Å². The molecule has 1 atom stereocenters. The van der Waals surface area contributed by atoms with Crippen molar-refractivity contribution in [2.24, 2.45) is 0 Å². The van der Waals surface area contributed by atoms with E-state index in [-0.39, 0.29) is 4.93 Å². The summed E-state index contributed by atoms with van der Waals surface area (Å²) in [5.74, 6) is 0. The van der Waals surface area contributed by atoms with Crippen LogP contribution in [0.25, 0.3) is 0 Å². The SMILES string of the molecule is C=CCC1(SC)CCCCCCO1. The highest BCUT2D eigenvalue weighted by atomic mass is 32.2. The minimum Gasteiger partial charge on any atom is -0.364 e. The largest absolute Gasteiger partial charge is 0.364 e. The molecule has 0 bridgehead atoms. The lowest BCUT2D eigenvalue weighted by Crippen LogP contribution is -2.29. The van der Waals surface area contributed by atoms with E-state index in [0.717, 1.165) is 13.0 Å². The molecule has 13 heavy (non-hydrogen) atoms. The Morgan fingerprint density at radius 3 is 2.85 bits per heavy atom. The van der Waals surface area contributed by atoms with Gasteiger partial charge in [-0.25, -0.2) is 0 Å². The van der Waals surface area contributed by atoms with E-state index in [0.29, 0.717) is 0 Å². The molecule has 0 N–H and O–H groups in total. The second-order valence-electron chi connectivity index (χ2n) is 3.62. The van der Waals surface area contributed by atoms with Gasteiger partial charge >= 0.3 is 0 Å². The molecule has 0 saturated carbocycles. The van der Waals surface area contributed by atoms with Gasteiger partial charge in [-0.1, -0.05) is 18.9 Å². The summed E-state index contributed by atoms with van der Waals surface area (Å²) < 4.78 is 5.95. The number of thioether (sulfide) groups is 1. The van der Waals surface area contributed by atoms with Gasteiger partial charge in [-0.05, 0) is 25.5 Å². The number of rotatable bonds is 3. The van der Waals surface area contributed by atoms with Crippen LogP contribution < -0.4 is 0 Å². The fourth-order valence-electron chi connectivity index (χ4n) is 1.81. The van der Waals surface area contributed by atoms with Crippen molar-refractivity contribution in [2.45, 2.75) is 43.5 Å². The normalized spacial score (nSPS) is 30.5. The Bertz CT molecular complexity index is 148. The van der Waals surface area contributed by atoms with E-state index in [1.807, 2.05) is 17.8 Å². The molecule has 1 nitrogen and oxygen atoms in total. The van der Waals surface area contributed by atoms with Gasteiger partial charge in [0.15, 0.2) is 0 Å². The van der Waals surface area contributed by atoms with Crippen LogP contribution in [0.2, 0.25) is 0 Å². The highest BCUT2D eigenvalue weighted by Gasteiger charge is 2.28. The van der Waals surface area contributed by atoms with Crippen molar-refractivity contribution in [3.05, 3.63) is 12.7 Å². The van der Waals surface area contributed by atoms with Crippen LogP contribution in [0.15, 0.2) is 12.7 Å². The van der Waals surface area contributed by atoms with Crippen LogP contribution in [0.1, 0.15) is 38.5 Å². The summed E-state index contributed by atoms with van der Waals surface area (Å²) in [4.78, 5) is 0.0438. The lowest BCUT2D eigenvalue weighted by atomic mass is 10.0. The first-order chi connectivity index (χ1) is 6.33. The van der Waals surface area contributed by atoms with Crippen molar-refractivity contribution < 1.29 is 4.74 Å². The molecule has 2 heteroatoms. The van der Waals surface area contributed by atoms with E-state index < -0.39 is 0 Å². The van der Waals surface area contributed by atoms with Gasteiger partial charge in [-0.15, -0.1) is 18.3 Å². The maximum Gasteiger partial charge on any atom is 0.116 e. The number of hydrogen-bond acceptors (Lipinski definition) is 2. The van der Waals surface area contributed by atoms with Gasteiger partial charge in [0.2, 0.25) is 0 Å². The topological polar surface area (TPSA) is 9.23 Å². The van der Waals surface area contributed by atoms with Crippen LogP contribution in [-0.4, -0.2) is 17.8 Å². The summed E-state index contributed by atoms with van der Waals surface area (Å²) in [7, 11) is 0. The summed E-state index contributed by atoms with van der Waals surface area (Å²) in [5, 5.41) is 0. The van der Waals surface area contributed by atoms with Crippen molar-refractivity contribution in [3.8, 4) is 0 Å². The number of hydrogen-bond donors (Lipinski definition) is 0. The van der Waals surface area contributed by atoms with Crippen molar-refractivity contribution in [1.82, 2.24) is 0 Å². The van der Waals surface area contributed by atoms with Crippen molar-refractivity contribution in [3.63, 3.8) is 0 Å². The van der Waals surface area contributed by atoms with Crippen molar-refractivity contribution in [1.29, 1.82) is 0 Å². The maximum absolute atomic E-state index is 5.95. The third-order valence-corrected chi connectivity index (χ3v) is 3.88. The molecule has 1 rings (SSSR count). The first-order valence-electron chi connectivity index (χ1n) is 5.13. The molecule has 76 valence electrons. The molecule has 0 aromatic carbocycles. The van der Waals surface area contributed by atoms with Gasteiger partial charge in [0.05, 0.1) is 0 Å². The van der Waals surface area contributed by atoms with Gasteiger partial charge in [-0.3, -0.25) is 0 Å². The van der Waals surface area contributed by atoms with Crippen molar-refractivity contribution >= 4 is 11.8 Å². The van der Waals surface area contributed by atoms with Crippen molar-refractivity contribution in [2.75, 3.05) is 12.9 Å². The molecule has 0 aliphatic carbocycles. The minimum atomic E-state index is 0.0438. The molecule has 0 amide bonds. The molecule has 0 aromatic heterocycles. The molecule has 0 aromatic rings. The minimum absolute atomic E-state index is 0.0438. The molecular formula is C11H20OS. The third-order valence-electron chi connectivity index (χ3n) is 2.64. The predicted octanol–water partition coefficient (Wildman–Crippen LogP) is 3.60. The van der Waals surface area contributed by atoms with Gasteiger partial charge in [0, 0.05) is 13.0 Å². The van der Waals surface area contributed by atoms with E-state index >= 15 is 0 Å². The molecule has 1 aliphatic heterocycles. The molecule has 1 unspecified atom stereocenters.